The molecule has 11 heteroatoms. The van der Waals surface area contributed by atoms with Crippen molar-refractivity contribution >= 4 is 62.6 Å². The Morgan fingerprint density at radius 1 is 1.04 bits per heavy atom. The Balaban J connectivity index is 1.37. The molecule has 2 N–H and O–H groups in total. The number of aromatic amines is 1. The molecule has 6 aromatic rings. The standard InChI is InChI=1S/C38H37Cl2N5O4/c1-19-15-24(16-20(2)34(19)40)49-14-8-9-25-26-12-13-28(39)33(32-22(4)41-42-23(32)5)35(26)45-21(3)18-44(37(46)36(25)45)30-11-7-10-29-27(30)17-31(38(47)48)43(29)6/h7,10-13,15-17,21H,8-9,14,18H2,1-6H3,(H,41,42)(H,47,48). The van der Waals surface area contributed by atoms with E-state index in [9.17, 15) is 14.7 Å². The molecule has 7 rings (SSSR count). The van der Waals surface area contributed by atoms with Gasteiger partial charge in [0.15, 0.2) is 0 Å². The molecule has 1 aliphatic rings. The van der Waals surface area contributed by atoms with Crippen molar-refractivity contribution < 1.29 is 19.4 Å². The van der Waals surface area contributed by atoms with Crippen molar-refractivity contribution in [2.24, 2.45) is 7.05 Å². The maximum absolute atomic E-state index is 14.9. The van der Waals surface area contributed by atoms with Crippen molar-refractivity contribution in [1.29, 1.82) is 0 Å². The summed E-state index contributed by atoms with van der Waals surface area (Å²) in [5.41, 5.74) is 9.42. The number of carbonyl (C=O) groups is 2. The topological polar surface area (TPSA) is 105 Å². The Kier molecular flexibility index (Phi) is 8.24. The molecule has 1 atom stereocenters. The minimum atomic E-state index is -1.02. The van der Waals surface area contributed by atoms with E-state index in [1.54, 1.807) is 22.6 Å². The first-order chi connectivity index (χ1) is 23.4. The van der Waals surface area contributed by atoms with Crippen LogP contribution in [0, 0.1) is 27.7 Å². The van der Waals surface area contributed by atoms with Crippen LogP contribution in [-0.2, 0) is 13.5 Å². The summed E-state index contributed by atoms with van der Waals surface area (Å²) in [7, 11) is 1.73. The first-order valence-corrected chi connectivity index (χ1v) is 17.0. The summed E-state index contributed by atoms with van der Waals surface area (Å²) in [5, 5.41) is 20.4. The number of carboxylic acid groups (broad SMARTS) is 1. The predicted molar refractivity (Wildman–Crippen MR) is 195 cm³/mol. The molecule has 1 aliphatic heterocycles. The Labute approximate surface area is 294 Å². The zero-order valence-electron chi connectivity index (χ0n) is 28.2. The Bertz CT molecular complexity index is 2290. The average Bonchev–Trinajstić information content (AvgIpc) is 3.70. The number of fused-ring (bicyclic) bond motifs is 4. The number of nitrogens with zero attached hydrogens (tertiary/aromatic N) is 4. The molecule has 4 heterocycles. The zero-order chi connectivity index (χ0) is 34.9. The summed E-state index contributed by atoms with van der Waals surface area (Å²) in [6.45, 7) is 10.8. The van der Waals surface area contributed by atoms with E-state index in [4.69, 9.17) is 27.9 Å². The van der Waals surface area contributed by atoms with Gasteiger partial charge in [0.1, 0.15) is 17.1 Å². The first-order valence-electron chi connectivity index (χ1n) is 16.3. The van der Waals surface area contributed by atoms with Gasteiger partial charge in [-0.15, -0.1) is 0 Å². The van der Waals surface area contributed by atoms with Gasteiger partial charge in [-0.1, -0.05) is 35.3 Å². The lowest BCUT2D eigenvalue weighted by Gasteiger charge is -2.34. The minimum absolute atomic E-state index is 0.136. The minimum Gasteiger partial charge on any atom is -0.494 e. The highest BCUT2D eigenvalue weighted by atomic mass is 35.5. The smallest absolute Gasteiger partial charge is 0.352 e. The zero-order valence-corrected chi connectivity index (χ0v) is 29.8. The Morgan fingerprint density at radius 2 is 1.78 bits per heavy atom. The summed E-state index contributed by atoms with van der Waals surface area (Å²) >= 11 is 13.4. The van der Waals surface area contributed by atoms with Crippen molar-refractivity contribution in [3.8, 4) is 16.9 Å². The van der Waals surface area contributed by atoms with E-state index in [0.717, 1.165) is 66.4 Å². The van der Waals surface area contributed by atoms with Crippen LogP contribution in [0.1, 0.15) is 68.4 Å². The Hall–Kier alpha value is -4.73. The lowest BCUT2D eigenvalue weighted by atomic mass is 9.98. The SMILES string of the molecule is Cc1cc(OCCCc2c3n(c4c(-c5c(C)n[nH]c5C)c(Cl)ccc24)C(C)CN(c2cccc4c2cc(C(=O)O)n4C)C3=O)cc(C)c1Cl. The normalized spacial score (nSPS) is 14.7. The van der Waals surface area contributed by atoms with Crippen LogP contribution < -0.4 is 9.64 Å². The van der Waals surface area contributed by atoms with Crippen molar-refractivity contribution in [3.63, 3.8) is 0 Å². The van der Waals surface area contributed by atoms with Crippen LogP contribution in [0.5, 0.6) is 5.75 Å². The van der Waals surface area contributed by atoms with E-state index in [1.165, 1.54) is 0 Å². The lowest BCUT2D eigenvalue weighted by Crippen LogP contribution is -2.42. The maximum Gasteiger partial charge on any atom is 0.352 e. The van der Waals surface area contributed by atoms with Gasteiger partial charge in [-0.2, -0.15) is 5.10 Å². The molecule has 0 spiro atoms. The second kappa shape index (κ2) is 12.3. The molecule has 1 unspecified atom stereocenters. The molecule has 0 bridgehead atoms. The molecule has 0 saturated heterocycles. The third-order valence-electron chi connectivity index (χ3n) is 9.76. The highest BCUT2D eigenvalue weighted by Crippen LogP contribution is 2.45. The van der Waals surface area contributed by atoms with Crippen LogP contribution in [0.3, 0.4) is 0 Å². The molecule has 9 nitrogen and oxygen atoms in total. The van der Waals surface area contributed by atoms with Crippen LogP contribution in [-0.4, -0.2) is 49.5 Å². The number of H-pyrrole nitrogens is 1. The van der Waals surface area contributed by atoms with Crippen LogP contribution in [0.2, 0.25) is 10.0 Å². The fourth-order valence-electron chi connectivity index (χ4n) is 7.51. The molecular formula is C38H37Cl2N5O4. The molecular weight excluding hydrogens is 661 g/mol. The summed E-state index contributed by atoms with van der Waals surface area (Å²) in [5.74, 6) is -0.411. The number of aryl methyl sites for hydroxylation is 6. The number of rotatable bonds is 8. The number of hydrogen-bond acceptors (Lipinski definition) is 4. The molecule has 1 amide bonds. The highest BCUT2D eigenvalue weighted by Gasteiger charge is 2.37. The number of ether oxygens (including phenoxy) is 1. The molecule has 3 aromatic carbocycles. The molecule has 0 fully saturated rings. The number of anilines is 1. The quantitative estimate of drug-likeness (QED) is 0.155. The van der Waals surface area contributed by atoms with E-state index >= 15 is 0 Å². The predicted octanol–water partition coefficient (Wildman–Crippen LogP) is 8.99. The number of aromatic carboxylic acids is 1. The van der Waals surface area contributed by atoms with Crippen LogP contribution >= 0.6 is 23.2 Å². The fourth-order valence-corrected chi connectivity index (χ4v) is 7.86. The largest absolute Gasteiger partial charge is 0.494 e. The Morgan fingerprint density at radius 3 is 2.45 bits per heavy atom. The van der Waals surface area contributed by atoms with Crippen molar-refractivity contribution in [1.82, 2.24) is 19.3 Å². The monoisotopic (exact) mass is 697 g/mol. The fraction of sp³-hybridized carbons (Fsp3) is 0.289. The van der Waals surface area contributed by atoms with Gasteiger partial charge in [0.05, 0.1) is 34.0 Å². The number of carbonyl (C=O) groups excluding carboxylic acids is 1. The third-order valence-corrected chi connectivity index (χ3v) is 10.7. The third kappa shape index (κ3) is 5.27. The van der Waals surface area contributed by atoms with Gasteiger partial charge in [0, 0.05) is 52.3 Å². The van der Waals surface area contributed by atoms with E-state index in [1.807, 2.05) is 70.2 Å². The van der Waals surface area contributed by atoms with E-state index in [0.29, 0.717) is 47.8 Å². The van der Waals surface area contributed by atoms with Crippen LogP contribution in [0.25, 0.3) is 32.9 Å². The van der Waals surface area contributed by atoms with Gasteiger partial charge in [-0.05, 0) is 101 Å². The van der Waals surface area contributed by atoms with Gasteiger partial charge in [0.2, 0.25) is 0 Å². The molecule has 49 heavy (non-hydrogen) atoms. The summed E-state index contributed by atoms with van der Waals surface area (Å²) in [6, 6.07) is 14.9. The van der Waals surface area contributed by atoms with Crippen molar-refractivity contribution in [3.05, 3.63) is 98.0 Å². The number of hydrogen-bond donors (Lipinski definition) is 2. The maximum atomic E-state index is 14.9. The molecule has 0 saturated carbocycles. The number of halogens is 2. The number of aromatic nitrogens is 4. The second-order valence-electron chi connectivity index (χ2n) is 13.0. The van der Waals surface area contributed by atoms with Crippen molar-refractivity contribution in [2.45, 2.75) is 53.5 Å². The first kappa shape index (κ1) is 32.8. The van der Waals surface area contributed by atoms with Gasteiger partial charge in [-0.25, -0.2) is 4.79 Å². The number of carboxylic acids is 1. The summed E-state index contributed by atoms with van der Waals surface area (Å²) in [6.07, 6.45) is 1.24. The number of amides is 1. The summed E-state index contributed by atoms with van der Waals surface area (Å²) < 4.78 is 9.98. The molecule has 252 valence electrons. The van der Waals surface area contributed by atoms with Gasteiger partial charge >= 0.3 is 5.97 Å². The van der Waals surface area contributed by atoms with Gasteiger partial charge in [0.25, 0.3) is 5.91 Å². The lowest BCUT2D eigenvalue weighted by molar-refractivity contribution is 0.0687. The van der Waals surface area contributed by atoms with E-state index < -0.39 is 5.97 Å². The number of nitrogens with one attached hydrogen (secondary N) is 1. The average molecular weight is 699 g/mol. The highest BCUT2D eigenvalue weighted by molar-refractivity contribution is 6.35. The number of benzene rings is 3. The summed E-state index contributed by atoms with van der Waals surface area (Å²) in [4.78, 5) is 28.7. The van der Waals surface area contributed by atoms with E-state index in [2.05, 4.69) is 21.7 Å². The molecule has 0 radical (unpaired) electrons. The molecule has 3 aromatic heterocycles. The van der Waals surface area contributed by atoms with Gasteiger partial charge in [-0.3, -0.25) is 9.89 Å². The van der Waals surface area contributed by atoms with Crippen LogP contribution in [0.4, 0.5) is 5.69 Å². The van der Waals surface area contributed by atoms with Crippen molar-refractivity contribution in [2.75, 3.05) is 18.1 Å². The molecule has 0 aliphatic carbocycles. The second-order valence-corrected chi connectivity index (χ2v) is 13.8. The van der Waals surface area contributed by atoms with E-state index in [-0.39, 0.29) is 17.6 Å². The van der Waals surface area contributed by atoms with Gasteiger partial charge < -0.3 is 23.9 Å². The van der Waals surface area contributed by atoms with Crippen LogP contribution in [0.15, 0.2) is 48.5 Å².